The molecule has 1 aliphatic rings. The summed E-state index contributed by atoms with van der Waals surface area (Å²) in [6.07, 6.45) is 4.56. The first-order valence-electron chi connectivity index (χ1n) is 9.04. The van der Waals surface area contributed by atoms with Crippen molar-refractivity contribution in [2.75, 3.05) is 20.1 Å². The summed E-state index contributed by atoms with van der Waals surface area (Å²) in [6.45, 7) is 8.54. The largest absolute Gasteiger partial charge is 0.373 e. The Morgan fingerprint density at radius 2 is 1.83 bits per heavy atom. The molecule has 1 saturated carbocycles. The second kappa shape index (κ2) is 7.51. The van der Waals surface area contributed by atoms with Crippen molar-refractivity contribution in [1.82, 2.24) is 0 Å². The van der Waals surface area contributed by atoms with Gasteiger partial charge < -0.3 is 9.59 Å². The van der Waals surface area contributed by atoms with Crippen LogP contribution in [0.4, 0.5) is 0 Å². The van der Waals surface area contributed by atoms with E-state index in [1.54, 1.807) is 0 Å². The lowest BCUT2D eigenvalue weighted by atomic mass is 9.80. The Morgan fingerprint density at radius 3 is 2.35 bits per heavy atom. The second-order valence-corrected chi connectivity index (χ2v) is 7.46. The summed E-state index contributed by atoms with van der Waals surface area (Å²) < 4.78 is 0.919. The summed E-state index contributed by atoms with van der Waals surface area (Å²) >= 11 is 0. The molecule has 0 radical (unpaired) electrons. The molecular formula is C21H32NO+. The van der Waals surface area contributed by atoms with E-state index in [4.69, 9.17) is 0 Å². The number of hydrogen-bond donors (Lipinski definition) is 1. The molecule has 1 N–H and O–H groups in total. The van der Waals surface area contributed by atoms with Gasteiger partial charge in [-0.1, -0.05) is 49.1 Å². The topological polar surface area (TPSA) is 20.2 Å². The predicted octanol–water partition coefficient (Wildman–Crippen LogP) is 3.94. The van der Waals surface area contributed by atoms with E-state index < -0.39 is 5.60 Å². The minimum absolute atomic E-state index is 0.261. The van der Waals surface area contributed by atoms with E-state index in [1.807, 2.05) is 30.3 Å². The fourth-order valence-electron chi connectivity index (χ4n) is 3.46. The monoisotopic (exact) mass is 314 g/mol. The van der Waals surface area contributed by atoms with Crippen LogP contribution in [0.3, 0.4) is 0 Å². The fourth-order valence-corrected chi connectivity index (χ4v) is 3.46. The van der Waals surface area contributed by atoms with Crippen LogP contribution in [0.2, 0.25) is 0 Å². The number of rotatable bonds is 5. The number of hydrogen-bond acceptors (Lipinski definition) is 1. The Kier molecular flexibility index (Phi) is 5.89. The SMILES string of the molecule is CC[N@@+](C)(CC#C[C@@](O)(c1ccccc1)C1CCCC1)C(C)C. The lowest BCUT2D eigenvalue weighted by molar-refractivity contribution is -0.921. The normalized spacial score (nSPS) is 20.6. The highest BCUT2D eigenvalue weighted by molar-refractivity contribution is 5.33. The van der Waals surface area contributed by atoms with E-state index in [0.29, 0.717) is 6.04 Å². The van der Waals surface area contributed by atoms with Crippen molar-refractivity contribution < 1.29 is 9.59 Å². The van der Waals surface area contributed by atoms with Gasteiger partial charge in [0.25, 0.3) is 0 Å². The molecule has 1 aromatic carbocycles. The van der Waals surface area contributed by atoms with Crippen molar-refractivity contribution in [3.8, 4) is 11.8 Å². The Bertz CT molecular complexity index is 550. The maximum Gasteiger partial charge on any atom is 0.153 e. The average Bonchev–Trinajstić information content (AvgIpc) is 3.10. The van der Waals surface area contributed by atoms with Gasteiger partial charge >= 0.3 is 0 Å². The summed E-state index contributed by atoms with van der Waals surface area (Å²) in [5.41, 5.74) is -0.0394. The van der Waals surface area contributed by atoms with Gasteiger partial charge in [0.15, 0.2) is 5.60 Å². The van der Waals surface area contributed by atoms with Crippen LogP contribution in [0.25, 0.3) is 0 Å². The van der Waals surface area contributed by atoms with Gasteiger partial charge in [-0.3, -0.25) is 0 Å². The van der Waals surface area contributed by atoms with Gasteiger partial charge in [-0.15, -0.1) is 0 Å². The van der Waals surface area contributed by atoms with Crippen LogP contribution in [0.15, 0.2) is 30.3 Å². The fraction of sp³-hybridized carbons (Fsp3) is 0.619. The number of benzene rings is 1. The number of nitrogens with zero attached hydrogens (tertiary/aromatic N) is 1. The first-order chi connectivity index (χ1) is 10.9. The molecule has 2 heteroatoms. The van der Waals surface area contributed by atoms with Crippen molar-refractivity contribution in [3.63, 3.8) is 0 Å². The van der Waals surface area contributed by atoms with E-state index in [0.717, 1.165) is 36.0 Å². The third-order valence-electron chi connectivity index (χ3n) is 5.85. The van der Waals surface area contributed by atoms with Crippen LogP contribution in [0, 0.1) is 17.8 Å². The summed E-state index contributed by atoms with van der Waals surface area (Å²) in [6, 6.07) is 10.6. The lowest BCUT2D eigenvalue weighted by Gasteiger charge is -2.36. The highest BCUT2D eigenvalue weighted by Gasteiger charge is 2.38. The van der Waals surface area contributed by atoms with Gasteiger partial charge in [0.2, 0.25) is 0 Å². The van der Waals surface area contributed by atoms with Crippen molar-refractivity contribution in [1.29, 1.82) is 0 Å². The Balaban J connectivity index is 2.28. The van der Waals surface area contributed by atoms with Crippen molar-refractivity contribution in [2.45, 2.75) is 58.1 Å². The molecule has 2 atom stereocenters. The smallest absolute Gasteiger partial charge is 0.153 e. The molecule has 2 rings (SSSR count). The predicted molar refractivity (Wildman–Crippen MR) is 96.8 cm³/mol. The first-order valence-corrected chi connectivity index (χ1v) is 9.04. The quantitative estimate of drug-likeness (QED) is 0.644. The summed E-state index contributed by atoms with van der Waals surface area (Å²) in [5, 5.41) is 11.4. The highest BCUT2D eigenvalue weighted by atomic mass is 16.3. The number of aliphatic hydroxyl groups is 1. The van der Waals surface area contributed by atoms with Crippen molar-refractivity contribution in [2.24, 2.45) is 5.92 Å². The standard InChI is InChI=1S/C21H32NO/c1-5-22(4,18(2)3)17-11-16-21(23,20-14-9-10-15-20)19-12-7-6-8-13-19/h6-8,12-13,18,20,23H,5,9-10,14-15,17H2,1-4H3/q+1/t21-,22+/m1/s1. The minimum Gasteiger partial charge on any atom is -0.373 e. The molecule has 0 unspecified atom stereocenters. The summed E-state index contributed by atoms with van der Waals surface area (Å²) in [4.78, 5) is 0. The molecule has 0 bridgehead atoms. The zero-order valence-electron chi connectivity index (χ0n) is 15.2. The first kappa shape index (κ1) is 18.0. The third kappa shape index (κ3) is 3.97. The Labute approximate surface area is 142 Å². The maximum atomic E-state index is 11.4. The van der Waals surface area contributed by atoms with Gasteiger partial charge in [0.1, 0.15) is 6.54 Å². The van der Waals surface area contributed by atoms with E-state index in [9.17, 15) is 5.11 Å². The molecule has 0 amide bonds. The highest BCUT2D eigenvalue weighted by Crippen LogP contribution is 2.40. The van der Waals surface area contributed by atoms with E-state index >= 15 is 0 Å². The molecule has 0 heterocycles. The van der Waals surface area contributed by atoms with Crippen molar-refractivity contribution >= 4 is 0 Å². The van der Waals surface area contributed by atoms with E-state index in [1.165, 1.54) is 12.8 Å². The Hall–Kier alpha value is -1.30. The zero-order valence-corrected chi connectivity index (χ0v) is 15.2. The van der Waals surface area contributed by atoms with Gasteiger partial charge in [-0.25, -0.2) is 0 Å². The van der Waals surface area contributed by atoms with Gasteiger partial charge in [0, 0.05) is 5.92 Å². The lowest BCUT2D eigenvalue weighted by Crippen LogP contribution is -2.49. The minimum atomic E-state index is -0.993. The van der Waals surface area contributed by atoms with Gasteiger partial charge in [-0.2, -0.15) is 0 Å². The molecular weight excluding hydrogens is 282 g/mol. The van der Waals surface area contributed by atoms with Crippen molar-refractivity contribution in [3.05, 3.63) is 35.9 Å². The molecule has 0 saturated heterocycles. The molecule has 23 heavy (non-hydrogen) atoms. The van der Waals surface area contributed by atoms with Crippen LogP contribution >= 0.6 is 0 Å². The number of quaternary nitrogens is 1. The van der Waals surface area contributed by atoms with E-state index in [-0.39, 0.29) is 5.92 Å². The zero-order chi connectivity index (χ0) is 16.9. The molecule has 0 aromatic heterocycles. The van der Waals surface area contributed by atoms with Crippen LogP contribution in [0.5, 0.6) is 0 Å². The second-order valence-electron chi connectivity index (χ2n) is 7.46. The molecule has 0 aliphatic heterocycles. The van der Waals surface area contributed by atoms with Crippen LogP contribution in [-0.2, 0) is 5.60 Å². The van der Waals surface area contributed by atoms with Crippen LogP contribution in [-0.4, -0.2) is 35.8 Å². The molecule has 1 aliphatic carbocycles. The molecule has 1 aromatic rings. The van der Waals surface area contributed by atoms with Gasteiger partial charge in [-0.05, 0) is 45.1 Å². The maximum absolute atomic E-state index is 11.4. The molecule has 2 nitrogen and oxygen atoms in total. The molecule has 0 spiro atoms. The third-order valence-corrected chi connectivity index (χ3v) is 5.85. The van der Waals surface area contributed by atoms with Gasteiger partial charge in [0.05, 0.1) is 19.6 Å². The summed E-state index contributed by atoms with van der Waals surface area (Å²) in [7, 11) is 2.25. The van der Waals surface area contributed by atoms with E-state index in [2.05, 4.69) is 39.7 Å². The Morgan fingerprint density at radius 1 is 1.22 bits per heavy atom. The summed E-state index contributed by atoms with van der Waals surface area (Å²) in [5.74, 6) is 6.90. The van der Waals surface area contributed by atoms with Crippen LogP contribution in [0.1, 0.15) is 52.0 Å². The molecule has 1 fully saturated rings. The average molecular weight is 314 g/mol. The molecule has 126 valence electrons. The van der Waals surface area contributed by atoms with Crippen LogP contribution < -0.4 is 0 Å².